The van der Waals surface area contributed by atoms with E-state index in [0.29, 0.717) is 16.4 Å². The Labute approximate surface area is 129 Å². The van der Waals surface area contributed by atoms with Crippen LogP contribution in [0.5, 0.6) is 5.75 Å². The van der Waals surface area contributed by atoms with Crippen molar-refractivity contribution < 1.29 is 19.4 Å². The van der Waals surface area contributed by atoms with Gasteiger partial charge >= 0.3 is 5.97 Å². The maximum Gasteiger partial charge on any atom is 0.310 e. The molecule has 0 saturated carbocycles. The van der Waals surface area contributed by atoms with E-state index in [2.05, 4.69) is 9.73 Å². The van der Waals surface area contributed by atoms with Crippen molar-refractivity contribution in [2.75, 3.05) is 13.7 Å². The monoisotopic (exact) mass is 327 g/mol. The van der Waals surface area contributed by atoms with Gasteiger partial charge in [0.25, 0.3) is 0 Å². The molecule has 7 heteroatoms. The van der Waals surface area contributed by atoms with E-state index >= 15 is 0 Å². The molecular formula is C14H14ClNO4S. The minimum absolute atomic E-state index is 0.0177. The van der Waals surface area contributed by atoms with Crippen molar-refractivity contribution in [1.82, 2.24) is 0 Å². The SMILES string of the molecule is COC(=O)CC1=C(COc2ccccc2)N=C(Cl)S1=CO. The first-order valence-corrected chi connectivity index (χ1v) is 7.73. The molecular weight excluding hydrogens is 314 g/mol. The first-order chi connectivity index (χ1) is 10.2. The van der Waals surface area contributed by atoms with Gasteiger partial charge in [-0.15, -0.1) is 0 Å². The summed E-state index contributed by atoms with van der Waals surface area (Å²) >= 11 is 6.00. The van der Waals surface area contributed by atoms with Crippen LogP contribution in [0, 0.1) is 0 Å². The Bertz CT molecular complexity index is 625. The number of methoxy groups -OCH3 is 1. The normalized spacial score (nSPS) is 17.9. The van der Waals surface area contributed by atoms with Gasteiger partial charge in [-0.3, -0.25) is 4.79 Å². The molecule has 1 aliphatic heterocycles. The number of hydrogen-bond donors (Lipinski definition) is 1. The quantitative estimate of drug-likeness (QED) is 0.666. The Morgan fingerprint density at radius 1 is 1.43 bits per heavy atom. The number of aliphatic hydroxyl groups excluding tert-OH is 1. The van der Waals surface area contributed by atoms with E-state index in [-0.39, 0.29) is 17.5 Å². The molecule has 2 rings (SSSR count). The van der Waals surface area contributed by atoms with Crippen LogP contribution in [0.4, 0.5) is 0 Å². The maximum atomic E-state index is 11.5. The summed E-state index contributed by atoms with van der Waals surface area (Å²) in [7, 11) is 0.425. The van der Waals surface area contributed by atoms with Gasteiger partial charge in [0.2, 0.25) is 0 Å². The van der Waals surface area contributed by atoms with Crippen molar-refractivity contribution in [3.63, 3.8) is 0 Å². The summed E-state index contributed by atoms with van der Waals surface area (Å²) < 4.78 is 10.5. The van der Waals surface area contributed by atoms with Crippen LogP contribution in [0.25, 0.3) is 0 Å². The van der Waals surface area contributed by atoms with E-state index in [0.717, 1.165) is 5.55 Å². The predicted octanol–water partition coefficient (Wildman–Crippen LogP) is 3.04. The lowest BCUT2D eigenvalue weighted by molar-refractivity contribution is -0.139. The Morgan fingerprint density at radius 3 is 2.76 bits per heavy atom. The van der Waals surface area contributed by atoms with Crippen LogP contribution in [0.3, 0.4) is 0 Å². The van der Waals surface area contributed by atoms with Gasteiger partial charge in [0.1, 0.15) is 12.4 Å². The van der Waals surface area contributed by atoms with Crippen LogP contribution in [0.15, 0.2) is 45.9 Å². The highest BCUT2D eigenvalue weighted by atomic mass is 35.5. The molecule has 0 bridgehead atoms. The van der Waals surface area contributed by atoms with E-state index in [9.17, 15) is 9.90 Å². The number of carbonyl (C=O) groups excluding carboxylic acids is 1. The van der Waals surface area contributed by atoms with E-state index < -0.39 is 16.5 Å². The lowest BCUT2D eigenvalue weighted by Gasteiger charge is -2.08. The fraction of sp³-hybridized carbons (Fsp3) is 0.214. The number of ether oxygens (including phenoxy) is 2. The van der Waals surface area contributed by atoms with E-state index in [1.165, 1.54) is 7.11 Å². The summed E-state index contributed by atoms with van der Waals surface area (Å²) in [4.78, 5) is 16.3. The predicted molar refractivity (Wildman–Crippen MR) is 85.2 cm³/mol. The Kier molecular flexibility index (Phi) is 5.55. The number of para-hydroxylation sites is 1. The number of aliphatic imine (C=N–C) groups is 1. The zero-order valence-corrected chi connectivity index (χ0v) is 12.9. The third-order valence-corrected chi connectivity index (χ3v) is 4.91. The number of benzene rings is 1. The second-order valence-electron chi connectivity index (χ2n) is 4.03. The topological polar surface area (TPSA) is 68.1 Å². The summed E-state index contributed by atoms with van der Waals surface area (Å²) in [5.41, 5.74) is 1.49. The lowest BCUT2D eigenvalue weighted by atomic mass is 10.3. The maximum absolute atomic E-state index is 11.5. The average molecular weight is 328 g/mol. The summed E-state index contributed by atoms with van der Waals surface area (Å²) in [6.45, 7) is 0.171. The molecule has 1 N–H and O–H groups in total. The molecule has 1 heterocycles. The largest absolute Gasteiger partial charge is 0.487 e. The molecule has 1 aromatic carbocycles. The van der Waals surface area contributed by atoms with Crippen LogP contribution >= 0.6 is 22.1 Å². The van der Waals surface area contributed by atoms with Crippen molar-refractivity contribution in [3.8, 4) is 5.75 Å². The highest BCUT2D eigenvalue weighted by Gasteiger charge is 2.24. The molecule has 1 unspecified atom stereocenters. The van der Waals surface area contributed by atoms with Gasteiger partial charge in [0, 0.05) is 4.91 Å². The highest BCUT2D eigenvalue weighted by Crippen LogP contribution is 2.40. The smallest absolute Gasteiger partial charge is 0.310 e. The number of hydrogen-bond acceptors (Lipinski definition) is 4. The van der Waals surface area contributed by atoms with Gasteiger partial charge in [-0.1, -0.05) is 40.3 Å². The zero-order valence-electron chi connectivity index (χ0n) is 11.3. The van der Waals surface area contributed by atoms with Gasteiger partial charge in [0.15, 0.2) is 4.50 Å². The van der Waals surface area contributed by atoms with Crippen molar-refractivity contribution in [3.05, 3.63) is 40.9 Å². The van der Waals surface area contributed by atoms with Gasteiger partial charge in [-0.05, 0) is 12.1 Å². The van der Waals surface area contributed by atoms with E-state index in [1.807, 2.05) is 30.3 Å². The number of carbonyl (C=O) groups is 1. The molecule has 112 valence electrons. The summed E-state index contributed by atoms with van der Waals surface area (Å²) in [5, 5.41) is 9.29. The first-order valence-electron chi connectivity index (χ1n) is 6.07. The number of nitrogens with zero attached hydrogens (tertiary/aromatic N) is 1. The first kappa shape index (κ1) is 15.8. The van der Waals surface area contributed by atoms with Gasteiger partial charge < -0.3 is 14.6 Å². The Balaban J connectivity index is 2.18. The third-order valence-electron chi connectivity index (χ3n) is 2.75. The van der Waals surface area contributed by atoms with Crippen LogP contribution in [0.2, 0.25) is 0 Å². The number of rotatable bonds is 5. The molecule has 0 radical (unpaired) electrons. The molecule has 1 aromatic rings. The molecule has 0 saturated heterocycles. The van der Waals surface area contributed by atoms with Crippen molar-refractivity contribution in [2.24, 2.45) is 4.99 Å². The van der Waals surface area contributed by atoms with Crippen molar-refractivity contribution in [2.45, 2.75) is 6.42 Å². The fourth-order valence-corrected chi connectivity index (χ4v) is 3.48. The molecule has 1 atom stereocenters. The van der Waals surface area contributed by atoms with E-state index in [4.69, 9.17) is 16.3 Å². The molecule has 5 nitrogen and oxygen atoms in total. The van der Waals surface area contributed by atoms with Crippen LogP contribution in [-0.2, 0) is 9.53 Å². The van der Waals surface area contributed by atoms with Crippen molar-refractivity contribution in [1.29, 1.82) is 0 Å². The van der Waals surface area contributed by atoms with E-state index in [1.54, 1.807) is 0 Å². The Morgan fingerprint density at radius 2 is 2.14 bits per heavy atom. The molecule has 1 aliphatic rings. The molecule has 21 heavy (non-hydrogen) atoms. The summed E-state index contributed by atoms with van der Waals surface area (Å²) in [6, 6.07) is 9.24. The zero-order chi connectivity index (χ0) is 15.2. The standard InChI is InChI=1S/C14H14ClNO4S/c1-19-13(18)7-12-11(16-14(15)21(12)9-17)8-20-10-5-3-2-4-6-10/h2-6,9,17H,7-8H2,1H3. The average Bonchev–Trinajstić information content (AvgIpc) is 2.81. The number of aliphatic hydroxyl groups is 1. The molecule has 0 amide bonds. The van der Waals surface area contributed by atoms with Gasteiger partial charge in [0.05, 0.1) is 24.8 Å². The minimum atomic E-state index is -0.882. The number of esters is 1. The van der Waals surface area contributed by atoms with Crippen molar-refractivity contribution >= 4 is 38.1 Å². The second-order valence-corrected chi connectivity index (χ2v) is 6.38. The summed E-state index contributed by atoms with van der Waals surface area (Å²) in [5.74, 6) is 0.275. The molecule has 0 aliphatic carbocycles. The Hall–Kier alpha value is -1.63. The fourth-order valence-electron chi connectivity index (χ4n) is 1.72. The van der Waals surface area contributed by atoms with Gasteiger partial charge in [-0.2, -0.15) is 0 Å². The highest BCUT2D eigenvalue weighted by molar-refractivity contribution is 8.33. The minimum Gasteiger partial charge on any atom is -0.487 e. The second kappa shape index (κ2) is 7.40. The lowest BCUT2D eigenvalue weighted by Crippen LogP contribution is -2.05. The molecule has 0 aromatic heterocycles. The molecule has 0 spiro atoms. The van der Waals surface area contributed by atoms with Crippen LogP contribution in [-0.4, -0.2) is 34.8 Å². The van der Waals surface area contributed by atoms with Crippen LogP contribution < -0.4 is 4.74 Å². The molecule has 0 fully saturated rings. The third kappa shape index (κ3) is 3.93. The number of halogens is 1. The van der Waals surface area contributed by atoms with Gasteiger partial charge in [-0.25, -0.2) is 4.99 Å². The summed E-state index contributed by atoms with van der Waals surface area (Å²) in [6.07, 6.45) is 0.0177. The van der Waals surface area contributed by atoms with Crippen LogP contribution in [0.1, 0.15) is 6.42 Å².